The van der Waals surface area contributed by atoms with Gasteiger partial charge in [-0.15, -0.1) is 0 Å². The van der Waals surface area contributed by atoms with Crippen LogP contribution < -0.4 is 23.7 Å². The molecule has 0 saturated heterocycles. The Labute approximate surface area is 250 Å². The van der Waals surface area contributed by atoms with Crippen LogP contribution in [0.25, 0.3) is 33.4 Å². The van der Waals surface area contributed by atoms with Gasteiger partial charge >= 0.3 is 0 Å². The zero-order chi connectivity index (χ0) is 29.9. The minimum absolute atomic E-state index is 0.130. The first-order valence-electron chi connectivity index (χ1n) is 14.8. The molecule has 1 aliphatic rings. The molecule has 220 valence electrons. The maximum atomic E-state index is 6.73. The molecule has 5 heteroatoms. The van der Waals surface area contributed by atoms with E-state index in [1.807, 2.05) is 51.1 Å². The molecular weight excluding hydrogens is 524 g/mol. The Kier molecular flexibility index (Phi) is 8.40. The Morgan fingerprint density at radius 2 is 1.21 bits per heavy atom. The number of unbranched alkanes of at least 4 members (excludes halogenated alkanes) is 1. The van der Waals surface area contributed by atoms with E-state index in [1.54, 1.807) is 0 Å². The standard InChI is InChI=1S/C37H42O5/c1-8-9-22-38-33-30(25-14-11-10-12-15-25)31(27-16-13-17-29(23-27)42-37(5,6)7)34-35(40-24-39-34)32(33)26-18-20-28(21-19-26)41-36(2,3)4/h10-21,23H,8-9,22,24H2,1-7H3. The van der Waals surface area contributed by atoms with E-state index in [9.17, 15) is 0 Å². The minimum atomic E-state index is -0.330. The van der Waals surface area contributed by atoms with E-state index in [0.717, 1.165) is 63.5 Å². The molecule has 0 aromatic heterocycles. The maximum Gasteiger partial charge on any atom is 0.231 e. The lowest BCUT2D eigenvalue weighted by atomic mass is 9.88. The van der Waals surface area contributed by atoms with E-state index in [1.165, 1.54) is 0 Å². The summed E-state index contributed by atoms with van der Waals surface area (Å²) in [6.45, 7) is 15.2. The van der Waals surface area contributed by atoms with Gasteiger partial charge in [-0.25, -0.2) is 0 Å². The van der Waals surface area contributed by atoms with Gasteiger partial charge in [0, 0.05) is 11.1 Å². The van der Waals surface area contributed by atoms with Crippen LogP contribution in [0.2, 0.25) is 0 Å². The van der Waals surface area contributed by atoms with E-state index >= 15 is 0 Å². The van der Waals surface area contributed by atoms with Crippen molar-refractivity contribution in [3.05, 3.63) is 78.9 Å². The minimum Gasteiger partial charge on any atom is -0.492 e. The van der Waals surface area contributed by atoms with Crippen LogP contribution in [0.1, 0.15) is 61.3 Å². The highest BCUT2D eigenvalue weighted by molar-refractivity contribution is 6.01. The number of hydrogen-bond donors (Lipinski definition) is 0. The molecule has 0 bridgehead atoms. The molecule has 0 fully saturated rings. The molecule has 1 heterocycles. The number of rotatable bonds is 9. The molecular formula is C37H42O5. The van der Waals surface area contributed by atoms with E-state index in [0.29, 0.717) is 18.1 Å². The quantitative estimate of drug-likeness (QED) is 0.189. The van der Waals surface area contributed by atoms with Crippen molar-refractivity contribution in [1.29, 1.82) is 0 Å². The van der Waals surface area contributed by atoms with Gasteiger partial charge in [-0.3, -0.25) is 0 Å². The molecule has 5 nitrogen and oxygen atoms in total. The van der Waals surface area contributed by atoms with Crippen LogP contribution in [0, 0.1) is 0 Å². The average Bonchev–Trinajstić information content (AvgIpc) is 3.41. The highest BCUT2D eigenvalue weighted by Crippen LogP contribution is 2.58. The monoisotopic (exact) mass is 566 g/mol. The zero-order valence-electron chi connectivity index (χ0n) is 25.9. The van der Waals surface area contributed by atoms with Crippen molar-refractivity contribution in [2.45, 2.75) is 72.5 Å². The summed E-state index contributed by atoms with van der Waals surface area (Å²) >= 11 is 0. The molecule has 5 rings (SSSR count). The lowest BCUT2D eigenvalue weighted by Gasteiger charge is -2.24. The maximum absolute atomic E-state index is 6.73. The Morgan fingerprint density at radius 3 is 1.86 bits per heavy atom. The second-order valence-corrected chi connectivity index (χ2v) is 12.6. The number of benzene rings is 4. The molecule has 1 aliphatic heterocycles. The van der Waals surface area contributed by atoms with Gasteiger partial charge in [0.25, 0.3) is 0 Å². The molecule has 0 aliphatic carbocycles. The molecule has 0 radical (unpaired) electrons. The second kappa shape index (κ2) is 12.0. The molecule has 0 saturated carbocycles. The van der Waals surface area contributed by atoms with E-state index in [4.69, 9.17) is 23.7 Å². The first kappa shape index (κ1) is 29.4. The molecule has 0 atom stereocenters. The van der Waals surface area contributed by atoms with Crippen LogP contribution in [-0.2, 0) is 0 Å². The topological polar surface area (TPSA) is 46.2 Å². The second-order valence-electron chi connectivity index (χ2n) is 12.6. The first-order chi connectivity index (χ1) is 20.0. The molecule has 42 heavy (non-hydrogen) atoms. The van der Waals surface area contributed by atoms with E-state index < -0.39 is 0 Å². The van der Waals surface area contributed by atoms with E-state index in [-0.39, 0.29) is 18.0 Å². The Hall–Kier alpha value is -4.12. The Bertz CT molecular complexity index is 1510. The third-order valence-corrected chi connectivity index (χ3v) is 6.69. The van der Waals surface area contributed by atoms with Crippen molar-refractivity contribution in [1.82, 2.24) is 0 Å². The van der Waals surface area contributed by atoms with Gasteiger partial charge < -0.3 is 23.7 Å². The third-order valence-electron chi connectivity index (χ3n) is 6.69. The normalized spacial score (nSPS) is 12.7. The van der Waals surface area contributed by atoms with Gasteiger partial charge in [-0.2, -0.15) is 0 Å². The highest BCUT2D eigenvalue weighted by atomic mass is 16.7. The predicted octanol–water partition coefficient (Wildman–Crippen LogP) is 9.95. The summed E-state index contributed by atoms with van der Waals surface area (Å²) in [5, 5.41) is 0. The van der Waals surface area contributed by atoms with Gasteiger partial charge in [-0.05, 0) is 88.9 Å². The summed E-state index contributed by atoms with van der Waals surface area (Å²) in [7, 11) is 0. The smallest absolute Gasteiger partial charge is 0.231 e. The summed E-state index contributed by atoms with van der Waals surface area (Å²) in [6, 6.07) is 26.7. The van der Waals surface area contributed by atoms with Crippen LogP contribution in [0.3, 0.4) is 0 Å². The lowest BCUT2D eigenvalue weighted by Crippen LogP contribution is -2.22. The molecule has 0 amide bonds. The van der Waals surface area contributed by atoms with E-state index in [2.05, 4.69) is 76.2 Å². The van der Waals surface area contributed by atoms with Gasteiger partial charge in [-0.1, -0.05) is 67.9 Å². The van der Waals surface area contributed by atoms with Crippen LogP contribution >= 0.6 is 0 Å². The Morgan fingerprint density at radius 1 is 0.619 bits per heavy atom. The number of fused-ring (bicyclic) bond motifs is 1. The van der Waals surface area contributed by atoms with Gasteiger partial charge in [0.2, 0.25) is 6.79 Å². The third kappa shape index (κ3) is 6.67. The van der Waals surface area contributed by atoms with Crippen LogP contribution in [0.15, 0.2) is 78.9 Å². The van der Waals surface area contributed by atoms with Crippen molar-refractivity contribution in [2.24, 2.45) is 0 Å². The van der Waals surface area contributed by atoms with Gasteiger partial charge in [0.1, 0.15) is 28.5 Å². The largest absolute Gasteiger partial charge is 0.492 e. The summed E-state index contributed by atoms with van der Waals surface area (Å²) in [4.78, 5) is 0. The van der Waals surface area contributed by atoms with Crippen LogP contribution in [-0.4, -0.2) is 24.6 Å². The predicted molar refractivity (Wildman–Crippen MR) is 170 cm³/mol. The number of ether oxygens (including phenoxy) is 5. The fraction of sp³-hybridized carbons (Fsp3) is 0.351. The first-order valence-corrected chi connectivity index (χ1v) is 14.8. The number of hydrogen-bond acceptors (Lipinski definition) is 5. The van der Waals surface area contributed by atoms with Crippen LogP contribution in [0.5, 0.6) is 28.7 Å². The summed E-state index contributed by atoms with van der Waals surface area (Å²) in [5.41, 5.74) is 5.13. The Balaban J connectivity index is 1.78. The van der Waals surface area contributed by atoms with Gasteiger partial charge in [0.05, 0.1) is 12.2 Å². The fourth-order valence-corrected chi connectivity index (χ4v) is 5.10. The summed E-state index contributed by atoms with van der Waals surface area (Å²) < 4.78 is 31.6. The molecule has 0 unspecified atom stereocenters. The molecule has 0 N–H and O–H groups in total. The van der Waals surface area contributed by atoms with Crippen molar-refractivity contribution in [3.63, 3.8) is 0 Å². The zero-order valence-corrected chi connectivity index (χ0v) is 25.9. The fourth-order valence-electron chi connectivity index (χ4n) is 5.10. The van der Waals surface area contributed by atoms with Gasteiger partial charge in [0.15, 0.2) is 11.5 Å². The summed E-state index contributed by atoms with van der Waals surface area (Å²) in [6.07, 6.45) is 1.96. The van der Waals surface area contributed by atoms with Crippen LogP contribution in [0.4, 0.5) is 0 Å². The summed E-state index contributed by atoms with van der Waals surface area (Å²) in [5.74, 6) is 3.76. The van der Waals surface area contributed by atoms with Crippen molar-refractivity contribution < 1.29 is 23.7 Å². The molecule has 4 aromatic rings. The average molecular weight is 567 g/mol. The van der Waals surface area contributed by atoms with Crippen molar-refractivity contribution in [3.8, 4) is 62.1 Å². The highest BCUT2D eigenvalue weighted by Gasteiger charge is 2.33. The lowest BCUT2D eigenvalue weighted by molar-refractivity contribution is 0.130. The van der Waals surface area contributed by atoms with Crippen molar-refractivity contribution in [2.75, 3.05) is 13.4 Å². The van der Waals surface area contributed by atoms with Crippen molar-refractivity contribution >= 4 is 0 Å². The SMILES string of the molecule is CCCCOc1c(-c2ccc(OC(C)(C)C)cc2)c2c(c(-c3cccc(OC(C)(C)C)c3)c1-c1ccccc1)OCO2. The molecule has 4 aromatic carbocycles. The molecule has 0 spiro atoms.